The number of ether oxygens (including phenoxy) is 6. The van der Waals surface area contributed by atoms with E-state index in [0.29, 0.717) is 40.2 Å². The first kappa shape index (κ1) is 35.2. The van der Waals surface area contributed by atoms with Crippen LogP contribution in [0.4, 0.5) is 0 Å². The second kappa shape index (κ2) is 14.5. The Hall–Kier alpha value is -4.15. The Labute approximate surface area is 289 Å². The average Bonchev–Trinajstić information content (AvgIpc) is 3.07. The molecule has 0 spiro atoms. The number of likely N-dealkylation sites (N-methyl/N-ethyl adjacent to an activating group) is 2. The lowest BCUT2D eigenvalue weighted by molar-refractivity contribution is -0.0000116. The molecule has 3 aliphatic rings. The molecule has 0 radical (unpaired) electrons. The van der Waals surface area contributed by atoms with Gasteiger partial charge in [-0.05, 0) is 104 Å². The number of benzene rings is 4. The Morgan fingerprint density at radius 3 is 2.02 bits per heavy atom. The van der Waals surface area contributed by atoms with Crippen LogP contribution in [0.5, 0.6) is 46.0 Å². The maximum absolute atomic E-state index is 7.03. The van der Waals surface area contributed by atoms with Gasteiger partial charge < -0.3 is 47.0 Å². The summed E-state index contributed by atoms with van der Waals surface area (Å²) in [4.78, 5) is 4.80. The molecule has 3 heterocycles. The molecule has 2 atom stereocenters. The molecule has 0 saturated heterocycles. The van der Waals surface area contributed by atoms with Gasteiger partial charge in [0.2, 0.25) is 5.75 Å². The predicted octanol–water partition coefficient (Wildman–Crippen LogP) is 4.54. The third-order valence-corrected chi connectivity index (χ3v) is 9.87. The highest BCUT2D eigenvalue weighted by atomic mass is 35.5. The first-order chi connectivity index (χ1) is 22.4. The van der Waals surface area contributed by atoms with Gasteiger partial charge in [0.25, 0.3) is 0 Å². The fourth-order valence-electron chi connectivity index (χ4n) is 7.33. The van der Waals surface area contributed by atoms with Crippen molar-refractivity contribution in [2.45, 2.75) is 37.8 Å². The van der Waals surface area contributed by atoms with Crippen molar-refractivity contribution in [2.75, 3.05) is 55.6 Å². The van der Waals surface area contributed by atoms with E-state index >= 15 is 0 Å². The van der Waals surface area contributed by atoms with Crippen molar-refractivity contribution < 1.29 is 40.8 Å². The predicted molar refractivity (Wildman–Crippen MR) is 184 cm³/mol. The SMILES string of the molecule is COc1ccc2cc1Oc1ccccc1C[C@H]1c3cc(c(OC)cc3CCN1C)Oc1c(OC)c(OC)cc3c1[C@@H](C2)N(C)CC3.[Cl-].[NH4+]. The summed E-state index contributed by atoms with van der Waals surface area (Å²) in [6, 6.07) is 21.1. The number of hydrogen-bond donors (Lipinski definition) is 1. The van der Waals surface area contributed by atoms with Crippen molar-refractivity contribution in [1.82, 2.24) is 16.0 Å². The van der Waals surface area contributed by atoms with Crippen LogP contribution in [0.2, 0.25) is 0 Å². The molecule has 256 valence electrons. The largest absolute Gasteiger partial charge is 1.00 e. The lowest BCUT2D eigenvalue weighted by atomic mass is 9.87. The van der Waals surface area contributed by atoms with Gasteiger partial charge in [0.15, 0.2) is 34.5 Å². The van der Waals surface area contributed by atoms with Gasteiger partial charge in [-0.15, -0.1) is 0 Å². The van der Waals surface area contributed by atoms with E-state index in [1.54, 1.807) is 28.4 Å². The molecule has 0 aliphatic carbocycles. The standard InChI is InChI=1S/C38H42N2O6.ClH.H3N/c1-39-15-13-24-20-32(42-4)34-22-27(24)28(39)19-25-9-7-8-10-30(25)45-33-18-23(11-12-31(33)41-3)17-29-36-26(14-16-40(29)2)21-35(43-5)37(44-6)38(36)46-34;;/h7-12,18,20-22,28-29H,13-17,19H2,1-6H3;1H;1H3/t28-,29+;;/m0../s1. The number of para-hydroxylation sites is 1. The van der Waals surface area contributed by atoms with Crippen molar-refractivity contribution in [1.29, 1.82) is 0 Å². The van der Waals surface area contributed by atoms with Gasteiger partial charge in [-0.1, -0.05) is 24.3 Å². The lowest BCUT2D eigenvalue weighted by Crippen LogP contribution is -3.00. The number of quaternary nitrogens is 1. The summed E-state index contributed by atoms with van der Waals surface area (Å²) in [6.45, 7) is 1.83. The Morgan fingerprint density at radius 1 is 0.625 bits per heavy atom. The van der Waals surface area contributed by atoms with E-state index in [-0.39, 0.29) is 30.6 Å². The van der Waals surface area contributed by atoms with E-state index in [9.17, 15) is 0 Å². The average molecular weight is 676 g/mol. The molecular weight excluding hydrogens is 630 g/mol. The quantitative estimate of drug-likeness (QED) is 0.337. The second-order valence-electron chi connectivity index (χ2n) is 12.4. The fraction of sp³-hybridized carbons (Fsp3) is 0.368. The summed E-state index contributed by atoms with van der Waals surface area (Å²) in [7, 11) is 11.1. The van der Waals surface area contributed by atoms with Gasteiger partial charge in [-0.25, -0.2) is 0 Å². The minimum absolute atomic E-state index is 0. The Morgan fingerprint density at radius 2 is 1.29 bits per heavy atom. The zero-order valence-corrected chi connectivity index (χ0v) is 29.6. The molecular formula is C38H46ClN3O6. The zero-order valence-electron chi connectivity index (χ0n) is 28.9. The third-order valence-electron chi connectivity index (χ3n) is 9.87. The molecule has 0 amide bonds. The van der Waals surface area contributed by atoms with Gasteiger partial charge >= 0.3 is 0 Å². The first-order valence-corrected chi connectivity index (χ1v) is 15.9. The summed E-state index contributed by atoms with van der Waals surface area (Å²) in [5, 5.41) is 0. The molecule has 7 rings (SSSR count). The summed E-state index contributed by atoms with van der Waals surface area (Å²) in [6.07, 6.45) is 3.27. The topological polar surface area (TPSA) is 98.4 Å². The Bertz CT molecular complexity index is 1780. The number of hydrogen-bond acceptors (Lipinski definition) is 8. The molecule has 0 aromatic heterocycles. The van der Waals surface area contributed by atoms with E-state index < -0.39 is 0 Å². The maximum Gasteiger partial charge on any atom is 0.204 e. The van der Waals surface area contributed by atoms with Crippen LogP contribution < -0.4 is 47.0 Å². The second-order valence-corrected chi connectivity index (χ2v) is 12.4. The fourth-order valence-corrected chi connectivity index (χ4v) is 7.33. The van der Waals surface area contributed by atoms with Crippen LogP contribution in [0.1, 0.15) is 45.5 Å². The van der Waals surface area contributed by atoms with Crippen LogP contribution in [-0.4, -0.2) is 65.4 Å². The molecule has 0 saturated carbocycles. The van der Waals surface area contributed by atoms with Gasteiger partial charge in [0.1, 0.15) is 5.75 Å². The lowest BCUT2D eigenvalue weighted by Gasteiger charge is -2.37. The van der Waals surface area contributed by atoms with Crippen LogP contribution >= 0.6 is 0 Å². The van der Waals surface area contributed by atoms with E-state index in [0.717, 1.165) is 61.2 Å². The first-order valence-electron chi connectivity index (χ1n) is 15.9. The number of nitrogens with zero attached hydrogens (tertiary/aromatic N) is 2. The minimum Gasteiger partial charge on any atom is -1.00 e. The monoisotopic (exact) mass is 675 g/mol. The van der Waals surface area contributed by atoms with Crippen LogP contribution in [-0.2, 0) is 25.7 Å². The van der Waals surface area contributed by atoms with E-state index in [2.05, 4.69) is 66.4 Å². The number of methoxy groups -OCH3 is 4. The van der Waals surface area contributed by atoms with Crippen molar-refractivity contribution in [3.8, 4) is 46.0 Å². The van der Waals surface area contributed by atoms with Crippen molar-refractivity contribution >= 4 is 0 Å². The van der Waals surface area contributed by atoms with Crippen LogP contribution in [0, 0.1) is 0 Å². The number of rotatable bonds is 4. The zero-order chi connectivity index (χ0) is 31.9. The molecule has 9 nitrogen and oxygen atoms in total. The van der Waals surface area contributed by atoms with E-state index in [1.807, 2.05) is 18.2 Å². The highest BCUT2D eigenvalue weighted by Crippen LogP contribution is 2.52. The maximum atomic E-state index is 7.03. The summed E-state index contributed by atoms with van der Waals surface area (Å²) in [5.41, 5.74) is 7.01. The van der Waals surface area contributed by atoms with Gasteiger partial charge in [0, 0.05) is 30.7 Å². The normalized spacial score (nSPS) is 18.4. The smallest absolute Gasteiger partial charge is 0.204 e. The summed E-state index contributed by atoms with van der Waals surface area (Å²) in [5.74, 6) is 5.47. The van der Waals surface area contributed by atoms with Gasteiger partial charge in [-0.2, -0.15) is 0 Å². The van der Waals surface area contributed by atoms with Crippen molar-refractivity contribution in [2.24, 2.45) is 0 Å². The summed E-state index contributed by atoms with van der Waals surface area (Å²) >= 11 is 0. The van der Waals surface area contributed by atoms with E-state index in [1.165, 1.54) is 16.7 Å². The van der Waals surface area contributed by atoms with Gasteiger partial charge in [0.05, 0.1) is 28.4 Å². The number of fused-ring (bicyclic) bond motifs is 4. The molecule has 0 fully saturated rings. The third kappa shape index (κ3) is 6.23. The molecule has 48 heavy (non-hydrogen) atoms. The van der Waals surface area contributed by atoms with Crippen LogP contribution in [0.3, 0.4) is 0 Å². The van der Waals surface area contributed by atoms with Crippen LogP contribution in [0.25, 0.3) is 0 Å². The highest BCUT2D eigenvalue weighted by molar-refractivity contribution is 5.64. The Kier molecular flexibility index (Phi) is 10.7. The molecule has 10 heteroatoms. The molecule has 4 aromatic rings. The molecule has 4 bridgehead atoms. The molecule has 4 N–H and O–H groups in total. The van der Waals surface area contributed by atoms with Gasteiger partial charge in [-0.3, -0.25) is 9.80 Å². The van der Waals surface area contributed by atoms with Crippen LogP contribution in [0.15, 0.2) is 60.7 Å². The molecule has 0 unspecified atom stereocenters. The van der Waals surface area contributed by atoms with Crippen molar-refractivity contribution in [3.63, 3.8) is 0 Å². The van der Waals surface area contributed by atoms with E-state index in [4.69, 9.17) is 28.4 Å². The molecule has 4 aromatic carbocycles. The molecule has 3 aliphatic heterocycles. The number of halogens is 1. The van der Waals surface area contributed by atoms with Crippen molar-refractivity contribution in [3.05, 3.63) is 94.0 Å². The highest BCUT2D eigenvalue weighted by Gasteiger charge is 2.35. The minimum atomic E-state index is 0. The Balaban J connectivity index is 0.00000225. The summed E-state index contributed by atoms with van der Waals surface area (Å²) < 4.78 is 37.4.